The average Bonchev–Trinajstić information content (AvgIpc) is 2.21. The van der Waals surface area contributed by atoms with Gasteiger partial charge >= 0.3 is 11.9 Å². The van der Waals surface area contributed by atoms with Gasteiger partial charge in [-0.15, -0.1) is 0 Å². The fraction of sp³-hybridized carbons (Fsp3) is 0.846. The summed E-state index contributed by atoms with van der Waals surface area (Å²) in [7, 11) is 1.33. The largest absolute Gasteiger partial charge is 0.468 e. The first-order valence-electron chi connectivity index (χ1n) is 6.15. The van der Waals surface area contributed by atoms with Gasteiger partial charge in [-0.25, -0.2) is 0 Å². The van der Waals surface area contributed by atoms with E-state index in [1.807, 2.05) is 13.8 Å². The zero-order valence-corrected chi connectivity index (χ0v) is 12.4. The lowest BCUT2D eigenvalue weighted by Crippen LogP contribution is -2.50. The molecule has 1 N–H and O–H groups in total. The molecule has 0 spiro atoms. The van der Waals surface area contributed by atoms with Gasteiger partial charge < -0.3 is 9.47 Å². The second-order valence-electron chi connectivity index (χ2n) is 5.67. The molecule has 0 rings (SSSR count). The second kappa shape index (κ2) is 6.73. The van der Waals surface area contributed by atoms with Gasteiger partial charge in [-0.1, -0.05) is 13.8 Å². The maximum absolute atomic E-state index is 11.8. The molecular formula is C13H25NO4. The molecule has 0 aromatic carbocycles. The predicted octanol–water partition coefficient (Wildman–Crippen LogP) is 1.50. The summed E-state index contributed by atoms with van der Waals surface area (Å²) < 4.78 is 9.94. The van der Waals surface area contributed by atoms with Crippen LogP contribution in [0.3, 0.4) is 0 Å². The van der Waals surface area contributed by atoms with Gasteiger partial charge in [0.05, 0.1) is 7.11 Å². The van der Waals surface area contributed by atoms with Crippen LogP contribution in [0.5, 0.6) is 0 Å². The molecule has 5 heteroatoms. The van der Waals surface area contributed by atoms with Gasteiger partial charge in [0, 0.05) is 0 Å². The van der Waals surface area contributed by atoms with Crippen molar-refractivity contribution in [3.8, 4) is 0 Å². The molecule has 0 fully saturated rings. The van der Waals surface area contributed by atoms with E-state index in [4.69, 9.17) is 9.47 Å². The Kier molecular flexibility index (Phi) is 6.32. The molecule has 0 aliphatic heterocycles. The summed E-state index contributed by atoms with van der Waals surface area (Å²) in [6.07, 6.45) is 0. The minimum absolute atomic E-state index is 0.0299. The van der Waals surface area contributed by atoms with Crippen molar-refractivity contribution in [2.24, 2.45) is 5.92 Å². The number of rotatable bonds is 5. The molecule has 0 saturated carbocycles. The van der Waals surface area contributed by atoms with E-state index in [1.54, 1.807) is 27.7 Å². The Bertz CT molecular complexity index is 294. The molecule has 2 atom stereocenters. The van der Waals surface area contributed by atoms with E-state index >= 15 is 0 Å². The zero-order chi connectivity index (χ0) is 14.5. The van der Waals surface area contributed by atoms with Crippen molar-refractivity contribution in [2.45, 2.75) is 59.2 Å². The van der Waals surface area contributed by atoms with Crippen molar-refractivity contribution in [3.05, 3.63) is 0 Å². The Balaban J connectivity index is 4.56. The third-order valence-electron chi connectivity index (χ3n) is 2.31. The lowest BCUT2D eigenvalue weighted by molar-refractivity contribution is -0.157. The van der Waals surface area contributed by atoms with E-state index in [9.17, 15) is 9.59 Å². The van der Waals surface area contributed by atoms with Crippen LogP contribution in [0.15, 0.2) is 0 Å². The summed E-state index contributed by atoms with van der Waals surface area (Å²) >= 11 is 0. The monoisotopic (exact) mass is 259 g/mol. The SMILES string of the molecule is COC(=O)C(NC(C)C(=O)OC(C)(C)C)C(C)C. The smallest absolute Gasteiger partial charge is 0.323 e. The van der Waals surface area contributed by atoms with Crippen molar-refractivity contribution in [1.82, 2.24) is 5.32 Å². The summed E-state index contributed by atoms with van der Waals surface area (Å²) in [5.74, 6) is -0.722. The Morgan fingerprint density at radius 3 is 1.89 bits per heavy atom. The zero-order valence-electron chi connectivity index (χ0n) is 12.4. The molecule has 0 heterocycles. The summed E-state index contributed by atoms with van der Waals surface area (Å²) in [5.41, 5.74) is -0.536. The van der Waals surface area contributed by atoms with Crippen LogP contribution in [-0.4, -0.2) is 36.7 Å². The van der Waals surface area contributed by atoms with E-state index < -0.39 is 17.7 Å². The number of ether oxygens (including phenoxy) is 2. The minimum atomic E-state index is -0.560. The highest BCUT2D eigenvalue weighted by atomic mass is 16.6. The van der Waals surface area contributed by atoms with Gasteiger partial charge in [0.25, 0.3) is 0 Å². The number of carbonyl (C=O) groups excluding carboxylic acids is 2. The molecule has 0 bridgehead atoms. The van der Waals surface area contributed by atoms with Crippen molar-refractivity contribution in [2.75, 3.05) is 7.11 Å². The molecule has 0 aromatic rings. The fourth-order valence-corrected chi connectivity index (χ4v) is 1.39. The van der Waals surface area contributed by atoms with Gasteiger partial charge in [0.15, 0.2) is 0 Å². The van der Waals surface area contributed by atoms with E-state index in [0.29, 0.717) is 0 Å². The maximum Gasteiger partial charge on any atom is 0.323 e. The molecule has 0 aliphatic rings. The van der Waals surface area contributed by atoms with Crippen LogP contribution >= 0.6 is 0 Å². The Morgan fingerprint density at radius 2 is 1.56 bits per heavy atom. The highest BCUT2D eigenvalue weighted by Gasteiger charge is 2.29. The first-order chi connectivity index (χ1) is 8.08. The minimum Gasteiger partial charge on any atom is -0.468 e. The van der Waals surface area contributed by atoms with Crippen molar-refractivity contribution >= 4 is 11.9 Å². The van der Waals surface area contributed by atoms with Crippen LogP contribution in [0.4, 0.5) is 0 Å². The van der Waals surface area contributed by atoms with Crippen LogP contribution in [0, 0.1) is 5.92 Å². The first kappa shape index (κ1) is 16.9. The molecule has 0 radical (unpaired) electrons. The highest BCUT2D eigenvalue weighted by molar-refractivity contribution is 5.79. The summed E-state index contributed by atoms with van der Waals surface area (Å²) in [6.45, 7) is 10.9. The predicted molar refractivity (Wildman–Crippen MR) is 69.1 cm³/mol. The number of hydrogen-bond acceptors (Lipinski definition) is 5. The Labute approximate surface area is 109 Å². The number of hydrogen-bond donors (Lipinski definition) is 1. The van der Waals surface area contributed by atoms with Crippen LogP contribution in [0.1, 0.15) is 41.5 Å². The highest BCUT2D eigenvalue weighted by Crippen LogP contribution is 2.10. The molecule has 0 amide bonds. The lowest BCUT2D eigenvalue weighted by atomic mass is 10.0. The van der Waals surface area contributed by atoms with Crippen LogP contribution in [0.2, 0.25) is 0 Å². The number of carbonyl (C=O) groups is 2. The fourth-order valence-electron chi connectivity index (χ4n) is 1.39. The maximum atomic E-state index is 11.8. The average molecular weight is 259 g/mol. The topological polar surface area (TPSA) is 64.6 Å². The number of methoxy groups -OCH3 is 1. The van der Waals surface area contributed by atoms with Gasteiger partial charge in [0.1, 0.15) is 17.7 Å². The third kappa shape index (κ3) is 6.00. The van der Waals surface area contributed by atoms with Gasteiger partial charge in [-0.2, -0.15) is 0 Å². The van der Waals surface area contributed by atoms with Gasteiger partial charge in [-0.05, 0) is 33.6 Å². The van der Waals surface area contributed by atoms with E-state index in [-0.39, 0.29) is 17.9 Å². The van der Waals surface area contributed by atoms with Crippen LogP contribution < -0.4 is 5.32 Å². The quantitative estimate of drug-likeness (QED) is 0.758. The molecule has 5 nitrogen and oxygen atoms in total. The van der Waals surface area contributed by atoms with Crippen molar-refractivity contribution < 1.29 is 19.1 Å². The molecule has 0 aliphatic carbocycles. The molecule has 106 valence electrons. The lowest BCUT2D eigenvalue weighted by Gasteiger charge is -2.26. The summed E-state index contributed by atoms with van der Waals surface area (Å²) in [6, 6.07) is -1.08. The molecule has 18 heavy (non-hydrogen) atoms. The molecular weight excluding hydrogens is 234 g/mol. The normalized spacial score (nSPS) is 15.1. The van der Waals surface area contributed by atoms with Gasteiger partial charge in [0.2, 0.25) is 0 Å². The van der Waals surface area contributed by atoms with Crippen LogP contribution in [0.25, 0.3) is 0 Å². The molecule has 2 unspecified atom stereocenters. The standard InChI is InChI=1S/C13H25NO4/c1-8(2)10(12(16)17-7)14-9(3)11(15)18-13(4,5)6/h8-10,14H,1-7H3. The molecule has 0 saturated heterocycles. The van der Waals surface area contributed by atoms with Crippen molar-refractivity contribution in [3.63, 3.8) is 0 Å². The number of esters is 2. The van der Waals surface area contributed by atoms with E-state index in [0.717, 1.165) is 0 Å². The van der Waals surface area contributed by atoms with Crippen LogP contribution in [-0.2, 0) is 19.1 Å². The second-order valence-corrected chi connectivity index (χ2v) is 5.67. The first-order valence-corrected chi connectivity index (χ1v) is 6.15. The van der Waals surface area contributed by atoms with E-state index in [2.05, 4.69) is 5.32 Å². The Hall–Kier alpha value is -1.10. The molecule has 0 aromatic heterocycles. The third-order valence-corrected chi connectivity index (χ3v) is 2.31. The number of nitrogens with one attached hydrogen (secondary N) is 1. The van der Waals surface area contributed by atoms with E-state index in [1.165, 1.54) is 7.11 Å². The summed E-state index contributed by atoms with van der Waals surface area (Å²) in [4.78, 5) is 23.4. The summed E-state index contributed by atoms with van der Waals surface area (Å²) in [5, 5.41) is 2.94. The van der Waals surface area contributed by atoms with Gasteiger partial charge in [-0.3, -0.25) is 14.9 Å². The Morgan fingerprint density at radius 1 is 1.06 bits per heavy atom. The van der Waals surface area contributed by atoms with Crippen molar-refractivity contribution in [1.29, 1.82) is 0 Å².